The number of likely N-dealkylation sites (tertiary alicyclic amines) is 2. The summed E-state index contributed by atoms with van der Waals surface area (Å²) in [5.41, 5.74) is 10.1. The molecule has 4 heterocycles. The number of hydrogen-bond acceptors (Lipinski definition) is 6. The maximum atomic E-state index is 12.5. The van der Waals surface area contributed by atoms with Crippen molar-refractivity contribution in [3.63, 3.8) is 0 Å². The molecule has 1 amide bonds. The summed E-state index contributed by atoms with van der Waals surface area (Å²) in [6.45, 7) is 4.83. The van der Waals surface area contributed by atoms with Gasteiger partial charge in [0.2, 0.25) is 5.91 Å². The van der Waals surface area contributed by atoms with E-state index in [1.165, 1.54) is 12.7 Å². The normalized spacial score (nSPS) is 17.9. The molecule has 2 saturated heterocycles. The molecule has 2 aliphatic heterocycles. The van der Waals surface area contributed by atoms with Crippen LogP contribution in [-0.2, 0) is 11.8 Å². The van der Waals surface area contributed by atoms with E-state index in [0.29, 0.717) is 11.7 Å². The van der Waals surface area contributed by atoms with E-state index in [2.05, 4.69) is 26.7 Å². The number of carbonyl (C=O) groups is 1. The van der Waals surface area contributed by atoms with Crippen molar-refractivity contribution < 1.29 is 9.53 Å². The van der Waals surface area contributed by atoms with Crippen LogP contribution in [0, 0.1) is 23.2 Å². The van der Waals surface area contributed by atoms with Crippen LogP contribution in [0.3, 0.4) is 0 Å². The largest absolute Gasteiger partial charge is 0.457 e. The van der Waals surface area contributed by atoms with Crippen molar-refractivity contribution in [3.05, 3.63) is 78.8 Å². The van der Waals surface area contributed by atoms with Gasteiger partial charge in [-0.25, -0.2) is 9.97 Å². The molecule has 212 valence electrons. The monoisotopic (exact) mass is 558 g/mol. The average Bonchev–Trinajstić information content (AvgIpc) is 3.22. The molecule has 1 spiro atoms. The second kappa shape index (κ2) is 10.7. The van der Waals surface area contributed by atoms with Crippen LogP contribution in [0.2, 0.25) is 0 Å². The quantitative estimate of drug-likeness (QED) is 0.269. The van der Waals surface area contributed by atoms with Gasteiger partial charge in [0.25, 0.3) is 0 Å². The highest BCUT2D eigenvalue weighted by Gasteiger charge is 2.52. The smallest absolute Gasteiger partial charge is 0.246 e. The number of ether oxygens (including phenoxy) is 1. The zero-order valence-corrected chi connectivity index (χ0v) is 23.8. The summed E-state index contributed by atoms with van der Waals surface area (Å²) in [7, 11) is 1.97. The lowest BCUT2D eigenvalue weighted by Gasteiger charge is -2.57. The number of nitrogens with zero attached hydrogens (tertiary/aromatic N) is 5. The van der Waals surface area contributed by atoms with Crippen LogP contribution in [0.5, 0.6) is 11.5 Å². The Morgan fingerprint density at radius 1 is 1.07 bits per heavy atom. The lowest BCUT2D eigenvalue weighted by Crippen LogP contribution is -2.63. The first-order valence-corrected chi connectivity index (χ1v) is 14.6. The number of hydrogen-bond donors (Lipinski definition) is 1. The van der Waals surface area contributed by atoms with E-state index in [4.69, 9.17) is 10.5 Å². The van der Waals surface area contributed by atoms with E-state index < -0.39 is 0 Å². The van der Waals surface area contributed by atoms with Crippen LogP contribution >= 0.6 is 0 Å². The minimum atomic E-state index is 0.134. The molecule has 1 aliphatic carbocycles. The van der Waals surface area contributed by atoms with Crippen LogP contribution in [0.15, 0.2) is 73.1 Å². The highest BCUT2D eigenvalue weighted by atomic mass is 16.5. The van der Waals surface area contributed by atoms with Gasteiger partial charge < -0.3 is 19.9 Å². The maximum Gasteiger partial charge on any atom is 0.246 e. The van der Waals surface area contributed by atoms with Gasteiger partial charge in [-0.2, -0.15) is 0 Å². The Morgan fingerprint density at radius 3 is 2.52 bits per heavy atom. The van der Waals surface area contributed by atoms with Crippen LogP contribution in [0.1, 0.15) is 25.0 Å². The number of amides is 1. The summed E-state index contributed by atoms with van der Waals surface area (Å²) < 4.78 is 8.01. The lowest BCUT2D eigenvalue weighted by molar-refractivity contribution is -0.147. The maximum absolute atomic E-state index is 12.5. The fourth-order valence-electron chi connectivity index (χ4n) is 6.43. The molecule has 2 N–H and O–H groups in total. The van der Waals surface area contributed by atoms with Gasteiger partial charge in [-0.1, -0.05) is 42.3 Å². The standard InChI is InChI=1S/C34H34N6O2/c1-38-28(15-10-24-19-34(20-24)21-40(22-34)29(41)9-5-16-39-17-6-18-39)30(31-32(35)36-23-37-33(31)38)25-11-13-27(14-12-25)42-26-7-3-2-4-8-26/h2-5,7-9,11-14,23-24H,6,16-22H2,1H3,(H2,35,36,37)/b9-5+. The van der Waals surface area contributed by atoms with Crippen LogP contribution in [0.4, 0.5) is 5.82 Å². The van der Waals surface area contributed by atoms with E-state index in [-0.39, 0.29) is 11.3 Å². The molecule has 8 nitrogen and oxygen atoms in total. The van der Waals surface area contributed by atoms with Crippen LogP contribution < -0.4 is 10.5 Å². The molecule has 8 heteroatoms. The van der Waals surface area contributed by atoms with E-state index in [0.717, 1.165) is 84.9 Å². The van der Waals surface area contributed by atoms with Gasteiger partial charge in [0.15, 0.2) is 0 Å². The minimum absolute atomic E-state index is 0.134. The third kappa shape index (κ3) is 4.90. The third-order valence-corrected chi connectivity index (χ3v) is 8.81. The Morgan fingerprint density at radius 2 is 1.81 bits per heavy atom. The van der Waals surface area contributed by atoms with Gasteiger partial charge >= 0.3 is 0 Å². The number of fused-ring (bicyclic) bond motifs is 1. The topological polar surface area (TPSA) is 89.5 Å². The zero-order chi connectivity index (χ0) is 28.7. The summed E-state index contributed by atoms with van der Waals surface area (Å²) >= 11 is 0. The van der Waals surface area contributed by atoms with Gasteiger partial charge in [0.05, 0.1) is 5.39 Å². The van der Waals surface area contributed by atoms with Crippen molar-refractivity contribution >= 4 is 22.8 Å². The Balaban J connectivity index is 1.07. The predicted molar refractivity (Wildman–Crippen MR) is 164 cm³/mol. The number of aromatic nitrogens is 3. The molecule has 1 saturated carbocycles. The van der Waals surface area contributed by atoms with Gasteiger partial charge in [0, 0.05) is 49.7 Å². The Labute approximate surface area is 245 Å². The molecule has 0 unspecified atom stereocenters. The molecule has 42 heavy (non-hydrogen) atoms. The second-order valence-electron chi connectivity index (χ2n) is 11.8. The molecule has 2 aromatic heterocycles. The molecule has 0 bridgehead atoms. The average molecular weight is 559 g/mol. The van der Waals surface area contributed by atoms with Crippen molar-refractivity contribution in [2.75, 3.05) is 38.5 Å². The summed E-state index contributed by atoms with van der Waals surface area (Å²) in [6, 6.07) is 17.7. The molecule has 4 aromatic rings. The molecule has 3 fully saturated rings. The first-order valence-electron chi connectivity index (χ1n) is 14.6. The molecular weight excluding hydrogens is 524 g/mol. The van der Waals surface area contributed by atoms with Gasteiger partial charge in [0.1, 0.15) is 35.0 Å². The van der Waals surface area contributed by atoms with E-state index >= 15 is 0 Å². The predicted octanol–water partition coefficient (Wildman–Crippen LogP) is 4.86. The van der Waals surface area contributed by atoms with Crippen LogP contribution in [-0.4, -0.2) is 63.0 Å². The second-order valence-corrected chi connectivity index (χ2v) is 11.8. The van der Waals surface area contributed by atoms with Crippen molar-refractivity contribution in [3.8, 4) is 34.5 Å². The van der Waals surface area contributed by atoms with Gasteiger partial charge in [-0.3, -0.25) is 9.69 Å². The lowest BCUT2D eigenvalue weighted by atomic mass is 9.58. The van der Waals surface area contributed by atoms with Crippen molar-refractivity contribution in [1.29, 1.82) is 0 Å². The van der Waals surface area contributed by atoms with Crippen molar-refractivity contribution in [1.82, 2.24) is 24.3 Å². The first kappa shape index (κ1) is 26.3. The molecule has 3 aliphatic rings. The minimum Gasteiger partial charge on any atom is -0.457 e. The summed E-state index contributed by atoms with van der Waals surface area (Å²) in [6.07, 6.45) is 8.56. The highest BCUT2D eigenvalue weighted by molar-refractivity contribution is 6.03. The zero-order valence-electron chi connectivity index (χ0n) is 23.8. The Kier molecular flexibility index (Phi) is 6.67. The number of aryl methyl sites for hydroxylation is 1. The summed E-state index contributed by atoms with van der Waals surface area (Å²) in [4.78, 5) is 25.6. The summed E-state index contributed by atoms with van der Waals surface area (Å²) in [5, 5.41) is 0.807. The number of nitrogen functional groups attached to an aromatic ring is 1. The van der Waals surface area contributed by atoms with Gasteiger partial charge in [-0.15, -0.1) is 0 Å². The summed E-state index contributed by atoms with van der Waals surface area (Å²) in [5.74, 6) is 9.43. The first-order chi connectivity index (χ1) is 20.5. The SMILES string of the molecule is Cn1c(C#CC2CC3(C2)CN(C(=O)/C=C/CN2CCC2)C3)c(-c2ccc(Oc3ccccc3)cc2)c2c(N)ncnc21. The number of nitrogens with two attached hydrogens (primary N) is 1. The number of para-hydroxylation sites is 1. The fourth-order valence-corrected chi connectivity index (χ4v) is 6.43. The number of rotatable bonds is 6. The Hall–Kier alpha value is -4.61. The third-order valence-electron chi connectivity index (χ3n) is 8.81. The molecular formula is C34H34N6O2. The number of benzene rings is 2. The van der Waals surface area contributed by atoms with Gasteiger partial charge in [-0.05, 0) is 68.1 Å². The van der Waals surface area contributed by atoms with E-state index in [1.807, 2.05) is 77.2 Å². The molecule has 7 rings (SSSR count). The number of carbonyl (C=O) groups excluding carboxylic acids is 1. The van der Waals surface area contributed by atoms with Crippen LogP contribution in [0.25, 0.3) is 22.2 Å². The number of anilines is 1. The van der Waals surface area contributed by atoms with E-state index in [1.54, 1.807) is 6.08 Å². The molecule has 0 radical (unpaired) electrons. The molecule has 2 aromatic carbocycles. The highest BCUT2D eigenvalue weighted by Crippen LogP contribution is 2.51. The fraction of sp³-hybridized carbons (Fsp3) is 0.324. The molecule has 0 atom stereocenters. The van der Waals surface area contributed by atoms with Crippen molar-refractivity contribution in [2.24, 2.45) is 18.4 Å². The van der Waals surface area contributed by atoms with Crippen molar-refractivity contribution in [2.45, 2.75) is 19.3 Å². The van der Waals surface area contributed by atoms with E-state index in [9.17, 15) is 4.79 Å². The Bertz CT molecular complexity index is 1710.